The molecule has 0 unspecified atom stereocenters. The van der Waals surface area contributed by atoms with E-state index in [9.17, 15) is 22.4 Å². The van der Waals surface area contributed by atoms with Crippen molar-refractivity contribution in [2.45, 2.75) is 19.5 Å². The van der Waals surface area contributed by atoms with Gasteiger partial charge in [0, 0.05) is 17.6 Å². The minimum atomic E-state index is -4.60. The molecule has 3 nitrogen and oxygen atoms in total. The van der Waals surface area contributed by atoms with Gasteiger partial charge >= 0.3 is 6.18 Å². The van der Waals surface area contributed by atoms with Gasteiger partial charge in [0.15, 0.2) is 0 Å². The molecule has 0 saturated heterocycles. The van der Waals surface area contributed by atoms with Crippen LogP contribution in [0, 0.1) is 12.7 Å². The fourth-order valence-corrected chi connectivity index (χ4v) is 2.74. The number of aryl methyl sites for hydroxylation is 1. The standard InChI is InChI=1S/C21H16F4N2O/c1-13-10-15(8-9-26-13)14-2-5-18(6-3-14)27-20(28)12-16-11-17(21(23,24)25)4-7-19(16)22/h2-11H,12H2,1H3,(H,27,28). The second-order valence-corrected chi connectivity index (χ2v) is 6.29. The first-order valence-electron chi connectivity index (χ1n) is 8.41. The van der Waals surface area contributed by atoms with Crippen LogP contribution in [0.1, 0.15) is 16.8 Å². The Bertz CT molecular complexity index is 998. The molecule has 0 spiro atoms. The Balaban J connectivity index is 1.70. The molecule has 1 N–H and O–H groups in total. The van der Waals surface area contributed by atoms with Crippen LogP contribution in [0.25, 0.3) is 11.1 Å². The van der Waals surface area contributed by atoms with Gasteiger partial charge < -0.3 is 5.32 Å². The van der Waals surface area contributed by atoms with Crippen LogP contribution in [0.2, 0.25) is 0 Å². The van der Waals surface area contributed by atoms with E-state index >= 15 is 0 Å². The van der Waals surface area contributed by atoms with E-state index in [2.05, 4.69) is 10.3 Å². The molecule has 0 saturated carbocycles. The van der Waals surface area contributed by atoms with Gasteiger partial charge in [-0.1, -0.05) is 12.1 Å². The van der Waals surface area contributed by atoms with Crippen molar-refractivity contribution in [2.75, 3.05) is 5.32 Å². The second kappa shape index (κ2) is 7.80. The van der Waals surface area contributed by atoms with E-state index < -0.39 is 29.9 Å². The summed E-state index contributed by atoms with van der Waals surface area (Å²) in [5.74, 6) is -1.46. The topological polar surface area (TPSA) is 42.0 Å². The number of nitrogens with zero attached hydrogens (tertiary/aromatic N) is 1. The number of alkyl halides is 3. The minimum absolute atomic E-state index is 0.309. The molecular weight excluding hydrogens is 372 g/mol. The van der Waals surface area contributed by atoms with Crippen LogP contribution in [0.15, 0.2) is 60.8 Å². The summed E-state index contributed by atoms with van der Waals surface area (Å²) in [5, 5.41) is 2.57. The van der Waals surface area contributed by atoms with E-state index in [0.29, 0.717) is 17.8 Å². The van der Waals surface area contributed by atoms with Gasteiger partial charge in [-0.3, -0.25) is 9.78 Å². The first-order valence-corrected chi connectivity index (χ1v) is 8.41. The van der Waals surface area contributed by atoms with Gasteiger partial charge in [-0.2, -0.15) is 13.2 Å². The summed E-state index contributed by atoms with van der Waals surface area (Å²) in [6.07, 6.45) is -3.40. The maximum Gasteiger partial charge on any atom is 0.416 e. The predicted octanol–water partition coefficient (Wildman–Crippen LogP) is 5.40. The Hall–Kier alpha value is -3.22. The van der Waals surface area contributed by atoms with E-state index in [4.69, 9.17) is 0 Å². The predicted molar refractivity (Wildman–Crippen MR) is 98.1 cm³/mol. The number of carbonyl (C=O) groups excluding carboxylic acids is 1. The van der Waals surface area contributed by atoms with Crippen molar-refractivity contribution in [2.24, 2.45) is 0 Å². The first-order chi connectivity index (χ1) is 13.2. The molecule has 7 heteroatoms. The van der Waals surface area contributed by atoms with Crippen molar-refractivity contribution < 1.29 is 22.4 Å². The number of rotatable bonds is 4. The van der Waals surface area contributed by atoms with E-state index in [0.717, 1.165) is 22.9 Å². The van der Waals surface area contributed by atoms with E-state index in [1.54, 1.807) is 30.5 Å². The van der Waals surface area contributed by atoms with Gasteiger partial charge in [0.05, 0.1) is 12.0 Å². The SMILES string of the molecule is Cc1cc(-c2ccc(NC(=O)Cc3cc(C(F)(F)F)ccc3F)cc2)ccn1. The van der Waals surface area contributed by atoms with Gasteiger partial charge in [-0.15, -0.1) is 0 Å². The molecule has 144 valence electrons. The lowest BCUT2D eigenvalue weighted by Crippen LogP contribution is -2.16. The van der Waals surface area contributed by atoms with Gasteiger partial charge in [0.1, 0.15) is 5.82 Å². The fraction of sp³-hybridized carbons (Fsp3) is 0.143. The van der Waals surface area contributed by atoms with Gasteiger partial charge in [0.25, 0.3) is 0 Å². The van der Waals surface area contributed by atoms with Crippen LogP contribution in [0.3, 0.4) is 0 Å². The van der Waals surface area contributed by atoms with Gasteiger partial charge in [-0.05, 0) is 66.1 Å². The van der Waals surface area contributed by atoms with Crippen LogP contribution in [0.4, 0.5) is 23.2 Å². The Morgan fingerprint density at radius 3 is 2.36 bits per heavy atom. The maximum atomic E-state index is 13.8. The van der Waals surface area contributed by atoms with Crippen molar-refractivity contribution in [3.05, 3.63) is 83.4 Å². The molecule has 2 aromatic carbocycles. The van der Waals surface area contributed by atoms with Crippen LogP contribution in [-0.4, -0.2) is 10.9 Å². The quantitative estimate of drug-likeness (QED) is 0.609. The van der Waals surface area contributed by atoms with Crippen molar-refractivity contribution >= 4 is 11.6 Å². The molecule has 0 bridgehead atoms. The van der Waals surface area contributed by atoms with Gasteiger partial charge in [-0.25, -0.2) is 4.39 Å². The van der Waals surface area contributed by atoms with Crippen LogP contribution >= 0.6 is 0 Å². The summed E-state index contributed by atoms with van der Waals surface area (Å²) in [5.41, 5.74) is 1.93. The maximum absolute atomic E-state index is 13.8. The lowest BCUT2D eigenvalue weighted by atomic mass is 10.1. The Morgan fingerprint density at radius 1 is 1.00 bits per heavy atom. The molecule has 0 aliphatic heterocycles. The monoisotopic (exact) mass is 388 g/mol. The van der Waals surface area contributed by atoms with Gasteiger partial charge in [0.2, 0.25) is 5.91 Å². The van der Waals surface area contributed by atoms with Crippen LogP contribution < -0.4 is 5.32 Å². The molecule has 28 heavy (non-hydrogen) atoms. The zero-order valence-corrected chi connectivity index (χ0v) is 14.8. The third kappa shape index (κ3) is 4.73. The third-order valence-corrected chi connectivity index (χ3v) is 4.12. The van der Waals surface area contributed by atoms with Crippen molar-refractivity contribution in [1.29, 1.82) is 0 Å². The summed E-state index contributed by atoms with van der Waals surface area (Å²) in [7, 11) is 0. The molecule has 0 radical (unpaired) electrons. The van der Waals surface area contributed by atoms with Crippen molar-refractivity contribution in [3.8, 4) is 11.1 Å². The zero-order valence-electron chi connectivity index (χ0n) is 14.8. The molecule has 3 rings (SSSR count). The smallest absolute Gasteiger partial charge is 0.326 e. The number of anilines is 1. The molecule has 1 aromatic heterocycles. The number of hydrogen-bond acceptors (Lipinski definition) is 2. The highest BCUT2D eigenvalue weighted by Gasteiger charge is 2.31. The van der Waals surface area contributed by atoms with Crippen molar-refractivity contribution in [1.82, 2.24) is 4.98 Å². The molecule has 1 amide bonds. The Labute approximate surface area is 159 Å². The summed E-state index contributed by atoms with van der Waals surface area (Å²) >= 11 is 0. The average molecular weight is 388 g/mol. The van der Waals surface area contributed by atoms with Crippen molar-refractivity contribution in [3.63, 3.8) is 0 Å². The summed E-state index contributed by atoms with van der Waals surface area (Å²) in [6.45, 7) is 1.88. The fourth-order valence-electron chi connectivity index (χ4n) is 2.74. The minimum Gasteiger partial charge on any atom is -0.326 e. The largest absolute Gasteiger partial charge is 0.416 e. The molecule has 0 aliphatic rings. The summed E-state index contributed by atoms with van der Waals surface area (Å²) in [6, 6.07) is 12.7. The number of benzene rings is 2. The number of aromatic nitrogens is 1. The van der Waals surface area contributed by atoms with Crippen LogP contribution in [0.5, 0.6) is 0 Å². The number of nitrogens with one attached hydrogen (secondary N) is 1. The Morgan fingerprint density at radius 2 is 1.71 bits per heavy atom. The normalized spacial score (nSPS) is 11.3. The highest BCUT2D eigenvalue weighted by Crippen LogP contribution is 2.30. The van der Waals surface area contributed by atoms with E-state index in [1.807, 2.05) is 19.1 Å². The lowest BCUT2D eigenvalue weighted by molar-refractivity contribution is -0.137. The Kier molecular flexibility index (Phi) is 5.44. The second-order valence-electron chi connectivity index (χ2n) is 6.29. The zero-order chi connectivity index (χ0) is 20.3. The van der Waals surface area contributed by atoms with E-state index in [-0.39, 0.29) is 5.56 Å². The highest BCUT2D eigenvalue weighted by molar-refractivity contribution is 5.92. The first kappa shape index (κ1) is 19.5. The number of hydrogen-bond donors (Lipinski definition) is 1. The number of amides is 1. The number of halogens is 4. The molecule has 3 aromatic rings. The number of carbonyl (C=O) groups is 1. The van der Waals surface area contributed by atoms with Crippen LogP contribution in [-0.2, 0) is 17.4 Å². The third-order valence-electron chi connectivity index (χ3n) is 4.12. The average Bonchev–Trinajstić information content (AvgIpc) is 2.63. The molecule has 0 aliphatic carbocycles. The molecular formula is C21H16F4N2O. The summed E-state index contributed by atoms with van der Waals surface area (Å²) in [4.78, 5) is 16.3. The molecule has 0 fully saturated rings. The lowest BCUT2D eigenvalue weighted by Gasteiger charge is -2.11. The molecule has 1 heterocycles. The van der Waals surface area contributed by atoms with E-state index in [1.165, 1.54) is 0 Å². The summed E-state index contributed by atoms with van der Waals surface area (Å²) < 4.78 is 52.1. The molecule has 0 atom stereocenters. The highest BCUT2D eigenvalue weighted by atomic mass is 19.4. The number of pyridine rings is 1.